The molecule has 0 saturated carbocycles. The molecule has 0 unspecified atom stereocenters. The summed E-state index contributed by atoms with van der Waals surface area (Å²) in [4.78, 5) is 12.9. The first-order valence-electron chi connectivity index (χ1n) is 9.23. The van der Waals surface area contributed by atoms with Gasteiger partial charge in [-0.3, -0.25) is 9.52 Å². The van der Waals surface area contributed by atoms with Crippen molar-refractivity contribution in [2.45, 2.75) is 4.90 Å². The van der Waals surface area contributed by atoms with Crippen molar-refractivity contribution >= 4 is 60.3 Å². The predicted octanol–water partition coefficient (Wildman–Crippen LogP) is 5.76. The van der Waals surface area contributed by atoms with E-state index >= 15 is 0 Å². The fourth-order valence-corrected chi connectivity index (χ4v) is 5.46. The molecule has 3 aromatic carbocycles. The van der Waals surface area contributed by atoms with E-state index in [1.807, 2.05) is 0 Å². The Balaban J connectivity index is 1.49. The number of fused-ring (bicyclic) bond motifs is 1. The summed E-state index contributed by atoms with van der Waals surface area (Å²) in [7, 11) is -2.29. The van der Waals surface area contributed by atoms with Gasteiger partial charge >= 0.3 is 0 Å². The zero-order valence-corrected chi connectivity index (χ0v) is 18.9. The maximum atomic E-state index is 13.4. The van der Waals surface area contributed by atoms with Crippen molar-refractivity contribution in [2.24, 2.45) is 0 Å². The van der Waals surface area contributed by atoms with Gasteiger partial charge in [0.05, 0.1) is 17.0 Å². The van der Waals surface area contributed by atoms with Gasteiger partial charge in [-0.1, -0.05) is 11.6 Å². The first kappa shape index (κ1) is 22.1. The molecule has 0 radical (unpaired) electrons. The topological polar surface area (TPSA) is 84.5 Å². The number of nitrogens with one attached hydrogen (secondary N) is 2. The van der Waals surface area contributed by atoms with E-state index < -0.39 is 21.7 Å². The average molecular weight is 491 g/mol. The van der Waals surface area contributed by atoms with Crippen LogP contribution >= 0.6 is 22.9 Å². The molecule has 0 saturated heterocycles. The van der Waals surface area contributed by atoms with Gasteiger partial charge in [-0.05, 0) is 66.7 Å². The van der Waals surface area contributed by atoms with Gasteiger partial charge in [-0.15, -0.1) is 11.3 Å². The summed E-state index contributed by atoms with van der Waals surface area (Å²) in [6, 6.07) is 16.3. The minimum atomic E-state index is -3.82. The van der Waals surface area contributed by atoms with E-state index in [0.29, 0.717) is 27.2 Å². The van der Waals surface area contributed by atoms with Crippen molar-refractivity contribution in [1.29, 1.82) is 0 Å². The van der Waals surface area contributed by atoms with Crippen LogP contribution in [-0.2, 0) is 10.0 Å². The average Bonchev–Trinajstić information content (AvgIpc) is 3.10. The van der Waals surface area contributed by atoms with Crippen molar-refractivity contribution in [3.05, 3.63) is 82.4 Å². The second-order valence-electron chi connectivity index (χ2n) is 6.70. The van der Waals surface area contributed by atoms with Crippen LogP contribution in [0.3, 0.4) is 0 Å². The van der Waals surface area contributed by atoms with Crippen LogP contribution in [0.25, 0.3) is 10.1 Å². The number of sulfonamides is 1. The molecule has 0 atom stereocenters. The van der Waals surface area contributed by atoms with Gasteiger partial charge in [0.25, 0.3) is 15.9 Å². The maximum absolute atomic E-state index is 13.4. The Labute approximate surface area is 192 Å². The van der Waals surface area contributed by atoms with Gasteiger partial charge in [0, 0.05) is 21.5 Å². The maximum Gasteiger partial charge on any atom is 0.267 e. The largest absolute Gasteiger partial charge is 0.497 e. The molecule has 164 valence electrons. The number of benzene rings is 3. The van der Waals surface area contributed by atoms with E-state index in [-0.39, 0.29) is 14.8 Å². The van der Waals surface area contributed by atoms with E-state index in [2.05, 4.69) is 10.0 Å². The number of rotatable bonds is 6. The van der Waals surface area contributed by atoms with Gasteiger partial charge < -0.3 is 10.1 Å². The molecule has 0 bridgehead atoms. The van der Waals surface area contributed by atoms with Gasteiger partial charge in [0.15, 0.2) is 0 Å². The summed E-state index contributed by atoms with van der Waals surface area (Å²) >= 11 is 7.36. The van der Waals surface area contributed by atoms with Gasteiger partial charge in [-0.25, -0.2) is 12.8 Å². The molecular weight excluding hydrogens is 475 g/mol. The lowest BCUT2D eigenvalue weighted by molar-refractivity contribution is 0.103. The van der Waals surface area contributed by atoms with Crippen molar-refractivity contribution in [2.75, 3.05) is 17.1 Å². The summed E-state index contributed by atoms with van der Waals surface area (Å²) in [6.45, 7) is 0. The van der Waals surface area contributed by atoms with Gasteiger partial charge in [0.1, 0.15) is 16.4 Å². The minimum absolute atomic E-state index is 0.0293. The third-order valence-corrected chi connectivity index (χ3v) is 7.62. The second-order valence-corrected chi connectivity index (χ2v) is 9.81. The Morgan fingerprint density at radius 3 is 2.31 bits per heavy atom. The predicted molar refractivity (Wildman–Crippen MR) is 125 cm³/mol. The monoisotopic (exact) mass is 490 g/mol. The van der Waals surface area contributed by atoms with Crippen LogP contribution in [0.5, 0.6) is 5.75 Å². The lowest BCUT2D eigenvalue weighted by Gasteiger charge is -2.10. The molecule has 1 heterocycles. The number of halogens is 2. The quantitative estimate of drug-likeness (QED) is 0.360. The van der Waals surface area contributed by atoms with Crippen LogP contribution in [0.2, 0.25) is 5.02 Å². The van der Waals surface area contributed by atoms with Crippen LogP contribution in [0.4, 0.5) is 15.8 Å². The summed E-state index contributed by atoms with van der Waals surface area (Å²) in [6.07, 6.45) is 0. The number of amides is 1. The SMILES string of the molecule is COc1ccc(NS(=O)(=O)c2ccc(NC(=O)c3sc4cc(F)ccc4c3Cl)cc2)cc1. The smallest absolute Gasteiger partial charge is 0.267 e. The Morgan fingerprint density at radius 1 is 1.00 bits per heavy atom. The highest BCUT2D eigenvalue weighted by Gasteiger charge is 2.19. The van der Waals surface area contributed by atoms with Crippen LogP contribution in [-0.4, -0.2) is 21.4 Å². The van der Waals surface area contributed by atoms with Gasteiger partial charge in [-0.2, -0.15) is 0 Å². The zero-order chi connectivity index (χ0) is 22.9. The first-order valence-corrected chi connectivity index (χ1v) is 11.9. The molecule has 0 aliphatic rings. The molecule has 6 nitrogen and oxygen atoms in total. The zero-order valence-electron chi connectivity index (χ0n) is 16.6. The van der Waals surface area contributed by atoms with Crippen LogP contribution in [0, 0.1) is 5.82 Å². The normalized spacial score (nSPS) is 11.3. The number of hydrogen-bond donors (Lipinski definition) is 2. The molecule has 32 heavy (non-hydrogen) atoms. The highest BCUT2D eigenvalue weighted by molar-refractivity contribution is 7.92. The van der Waals surface area contributed by atoms with Crippen LogP contribution in [0.15, 0.2) is 71.6 Å². The Bertz CT molecular complexity index is 1400. The number of ether oxygens (including phenoxy) is 1. The molecule has 0 fully saturated rings. The van der Waals surface area contributed by atoms with E-state index in [1.54, 1.807) is 24.3 Å². The highest BCUT2D eigenvalue weighted by Crippen LogP contribution is 2.36. The third-order valence-electron chi connectivity index (χ3n) is 4.56. The number of anilines is 2. The Kier molecular flexibility index (Phi) is 6.05. The molecule has 2 N–H and O–H groups in total. The van der Waals surface area contributed by atoms with Crippen molar-refractivity contribution < 1.29 is 22.3 Å². The van der Waals surface area contributed by atoms with Crippen LogP contribution in [0.1, 0.15) is 9.67 Å². The minimum Gasteiger partial charge on any atom is -0.497 e. The second kappa shape index (κ2) is 8.78. The standard InChI is InChI=1S/C22H16ClFN2O4S2/c1-30-16-7-3-15(4-8-16)26-32(28,29)17-9-5-14(6-10-17)25-22(27)21-20(23)18-11-2-13(24)12-19(18)31-21/h2-12,26H,1H3,(H,25,27). The first-order chi connectivity index (χ1) is 15.3. The van der Waals surface area contributed by atoms with E-state index in [0.717, 1.165) is 11.3 Å². The van der Waals surface area contributed by atoms with E-state index in [9.17, 15) is 17.6 Å². The molecule has 0 aliphatic heterocycles. The Morgan fingerprint density at radius 2 is 1.66 bits per heavy atom. The number of carbonyl (C=O) groups is 1. The fraction of sp³-hybridized carbons (Fsp3) is 0.0455. The fourth-order valence-electron chi connectivity index (χ4n) is 2.96. The van der Waals surface area contributed by atoms with Crippen molar-refractivity contribution in [3.63, 3.8) is 0 Å². The molecule has 1 aromatic heterocycles. The molecule has 4 rings (SSSR count). The summed E-state index contributed by atoms with van der Waals surface area (Å²) in [5.41, 5.74) is 0.775. The molecule has 10 heteroatoms. The summed E-state index contributed by atoms with van der Waals surface area (Å²) in [5, 5.41) is 3.51. The molecule has 1 amide bonds. The van der Waals surface area contributed by atoms with Crippen molar-refractivity contribution in [1.82, 2.24) is 0 Å². The summed E-state index contributed by atoms with van der Waals surface area (Å²) in [5.74, 6) is -0.275. The third kappa shape index (κ3) is 4.55. The lowest BCUT2D eigenvalue weighted by atomic mass is 10.2. The highest BCUT2D eigenvalue weighted by atomic mass is 35.5. The number of hydrogen-bond acceptors (Lipinski definition) is 5. The van der Waals surface area contributed by atoms with E-state index in [1.165, 1.54) is 49.6 Å². The number of methoxy groups -OCH3 is 1. The Hall–Kier alpha value is -3.14. The molecule has 0 aliphatic carbocycles. The van der Waals surface area contributed by atoms with Gasteiger partial charge in [0.2, 0.25) is 0 Å². The molecular formula is C22H16ClFN2O4S2. The lowest BCUT2D eigenvalue weighted by Crippen LogP contribution is -2.14. The van der Waals surface area contributed by atoms with Crippen molar-refractivity contribution in [3.8, 4) is 5.75 Å². The molecule has 4 aromatic rings. The summed E-state index contributed by atoms with van der Waals surface area (Å²) < 4.78 is 46.7. The van der Waals surface area contributed by atoms with Crippen LogP contribution < -0.4 is 14.8 Å². The number of thiophene rings is 1. The van der Waals surface area contributed by atoms with E-state index in [4.69, 9.17) is 16.3 Å². The molecule has 0 spiro atoms. The number of carbonyl (C=O) groups excluding carboxylic acids is 1.